The molecule has 2 rings (SSSR count). The largest absolute Gasteiger partial charge is 0.493 e. The Labute approximate surface area is 169 Å². The standard InChI is InChI=1S/C21H21ClN2O4/c1-3-11-27-18-8-6-16(22)14-17(18)24-21(25)9-5-15-4-7-19(28-12-10-23)20(13-15)26-2/h4-9,13-14H,3,11-12H2,1-2H3,(H,24,25)/b9-5+. The summed E-state index contributed by atoms with van der Waals surface area (Å²) in [7, 11) is 1.51. The Morgan fingerprint density at radius 1 is 1.18 bits per heavy atom. The minimum Gasteiger partial charge on any atom is -0.493 e. The van der Waals surface area contributed by atoms with E-state index in [-0.39, 0.29) is 12.5 Å². The second-order valence-corrected chi connectivity index (χ2v) is 6.11. The Morgan fingerprint density at radius 3 is 2.68 bits per heavy atom. The highest BCUT2D eigenvalue weighted by Crippen LogP contribution is 2.29. The number of carbonyl (C=O) groups excluding carboxylic acids is 1. The molecule has 146 valence electrons. The quantitative estimate of drug-likeness (QED) is 0.617. The minimum absolute atomic E-state index is 0.0734. The Bertz CT molecular complexity index is 890. The van der Waals surface area contributed by atoms with Gasteiger partial charge in [-0.05, 0) is 48.4 Å². The molecule has 0 aromatic heterocycles. The van der Waals surface area contributed by atoms with E-state index in [1.807, 2.05) is 13.0 Å². The summed E-state index contributed by atoms with van der Waals surface area (Å²) in [5, 5.41) is 11.9. The predicted molar refractivity (Wildman–Crippen MR) is 109 cm³/mol. The van der Waals surface area contributed by atoms with Crippen molar-refractivity contribution in [1.29, 1.82) is 5.26 Å². The van der Waals surface area contributed by atoms with Gasteiger partial charge in [0.15, 0.2) is 18.1 Å². The first-order valence-corrected chi connectivity index (χ1v) is 9.04. The number of amides is 1. The van der Waals surface area contributed by atoms with Crippen molar-refractivity contribution in [1.82, 2.24) is 0 Å². The van der Waals surface area contributed by atoms with E-state index in [1.165, 1.54) is 13.2 Å². The summed E-state index contributed by atoms with van der Waals surface area (Å²) in [6, 6.07) is 12.1. The Morgan fingerprint density at radius 2 is 1.96 bits per heavy atom. The molecular weight excluding hydrogens is 380 g/mol. The van der Waals surface area contributed by atoms with Crippen molar-refractivity contribution in [2.75, 3.05) is 25.6 Å². The second kappa shape index (κ2) is 10.9. The van der Waals surface area contributed by atoms with Gasteiger partial charge in [-0.3, -0.25) is 4.79 Å². The van der Waals surface area contributed by atoms with Crippen LogP contribution in [-0.2, 0) is 4.79 Å². The normalized spacial score (nSPS) is 10.4. The predicted octanol–water partition coefficient (Wildman–Crippen LogP) is 4.69. The fourth-order valence-corrected chi connectivity index (χ4v) is 2.47. The van der Waals surface area contributed by atoms with Gasteiger partial charge in [0.25, 0.3) is 0 Å². The highest BCUT2D eigenvalue weighted by Gasteiger charge is 2.08. The zero-order chi connectivity index (χ0) is 20.4. The molecule has 0 bridgehead atoms. The molecule has 6 nitrogen and oxygen atoms in total. The lowest BCUT2D eigenvalue weighted by Gasteiger charge is -2.11. The first kappa shape index (κ1) is 21.1. The van der Waals surface area contributed by atoms with Crippen LogP contribution in [0.2, 0.25) is 5.02 Å². The molecule has 0 heterocycles. The average molecular weight is 401 g/mol. The lowest BCUT2D eigenvalue weighted by atomic mass is 10.2. The van der Waals surface area contributed by atoms with Crippen LogP contribution < -0.4 is 19.5 Å². The maximum absolute atomic E-state index is 12.3. The monoisotopic (exact) mass is 400 g/mol. The average Bonchev–Trinajstić information content (AvgIpc) is 2.70. The van der Waals surface area contributed by atoms with E-state index < -0.39 is 0 Å². The van der Waals surface area contributed by atoms with Crippen LogP contribution >= 0.6 is 11.6 Å². The van der Waals surface area contributed by atoms with Crippen molar-refractivity contribution in [3.8, 4) is 23.3 Å². The fourth-order valence-electron chi connectivity index (χ4n) is 2.30. The van der Waals surface area contributed by atoms with Gasteiger partial charge in [0.1, 0.15) is 11.8 Å². The van der Waals surface area contributed by atoms with Gasteiger partial charge < -0.3 is 19.5 Å². The van der Waals surface area contributed by atoms with Gasteiger partial charge >= 0.3 is 0 Å². The molecule has 0 aliphatic carbocycles. The molecule has 0 radical (unpaired) electrons. The number of benzene rings is 2. The molecule has 0 atom stereocenters. The van der Waals surface area contributed by atoms with Gasteiger partial charge in [-0.2, -0.15) is 5.26 Å². The molecule has 2 aromatic rings. The Kier molecular flexibility index (Phi) is 8.19. The maximum Gasteiger partial charge on any atom is 0.248 e. The van der Waals surface area contributed by atoms with Crippen molar-refractivity contribution in [2.45, 2.75) is 13.3 Å². The number of hydrogen-bond acceptors (Lipinski definition) is 5. The van der Waals surface area contributed by atoms with Crippen LogP contribution in [0.1, 0.15) is 18.9 Å². The van der Waals surface area contributed by atoms with Gasteiger partial charge in [0.2, 0.25) is 5.91 Å². The molecule has 0 fully saturated rings. The van der Waals surface area contributed by atoms with Crippen molar-refractivity contribution < 1.29 is 19.0 Å². The van der Waals surface area contributed by atoms with Crippen molar-refractivity contribution >= 4 is 29.3 Å². The zero-order valence-electron chi connectivity index (χ0n) is 15.7. The minimum atomic E-state index is -0.326. The number of halogens is 1. The summed E-state index contributed by atoms with van der Waals surface area (Å²) < 4.78 is 16.2. The summed E-state index contributed by atoms with van der Waals surface area (Å²) in [5.74, 6) is 1.17. The molecule has 0 aliphatic rings. The smallest absolute Gasteiger partial charge is 0.248 e. The van der Waals surface area contributed by atoms with E-state index in [4.69, 9.17) is 31.1 Å². The van der Waals surface area contributed by atoms with E-state index in [9.17, 15) is 4.79 Å². The molecule has 28 heavy (non-hydrogen) atoms. The number of nitrogens with zero attached hydrogens (tertiary/aromatic N) is 1. The molecule has 0 aliphatic heterocycles. The Balaban J connectivity index is 2.10. The number of rotatable bonds is 9. The number of methoxy groups -OCH3 is 1. The number of carbonyl (C=O) groups is 1. The van der Waals surface area contributed by atoms with Crippen LogP contribution in [-0.4, -0.2) is 26.2 Å². The molecule has 7 heteroatoms. The first-order valence-electron chi connectivity index (χ1n) is 8.66. The third-order valence-electron chi connectivity index (χ3n) is 3.57. The molecule has 1 amide bonds. The zero-order valence-corrected chi connectivity index (χ0v) is 16.5. The lowest BCUT2D eigenvalue weighted by molar-refractivity contribution is -0.111. The third kappa shape index (κ3) is 6.22. The summed E-state index contributed by atoms with van der Waals surface area (Å²) in [6.07, 6.45) is 3.89. The van der Waals surface area contributed by atoms with Crippen molar-refractivity contribution in [2.24, 2.45) is 0 Å². The molecular formula is C21H21ClN2O4. The summed E-state index contributed by atoms with van der Waals surface area (Å²) in [4.78, 5) is 12.3. The van der Waals surface area contributed by atoms with E-state index in [0.717, 1.165) is 12.0 Å². The number of anilines is 1. The van der Waals surface area contributed by atoms with Gasteiger partial charge in [0.05, 0.1) is 19.4 Å². The van der Waals surface area contributed by atoms with E-state index in [2.05, 4.69) is 5.32 Å². The first-order chi connectivity index (χ1) is 13.6. The summed E-state index contributed by atoms with van der Waals surface area (Å²) in [5.41, 5.74) is 1.25. The molecule has 0 unspecified atom stereocenters. The van der Waals surface area contributed by atoms with E-state index in [0.29, 0.717) is 34.6 Å². The van der Waals surface area contributed by atoms with Crippen molar-refractivity contribution in [3.05, 3.63) is 53.1 Å². The van der Waals surface area contributed by atoms with Crippen LogP contribution in [0.25, 0.3) is 6.08 Å². The second-order valence-electron chi connectivity index (χ2n) is 5.67. The SMILES string of the molecule is CCCOc1ccc(Cl)cc1NC(=O)/C=C/c1ccc(OCC#N)c(OC)c1. The topological polar surface area (TPSA) is 80.6 Å². The van der Waals surface area contributed by atoms with Gasteiger partial charge in [-0.25, -0.2) is 0 Å². The van der Waals surface area contributed by atoms with Gasteiger partial charge in [0, 0.05) is 11.1 Å². The lowest BCUT2D eigenvalue weighted by Crippen LogP contribution is -2.09. The Hall–Kier alpha value is -3.17. The number of ether oxygens (including phenoxy) is 3. The fraction of sp³-hybridized carbons (Fsp3) is 0.238. The number of nitrogens with one attached hydrogen (secondary N) is 1. The maximum atomic E-state index is 12.3. The molecule has 0 spiro atoms. The molecule has 2 aromatic carbocycles. The van der Waals surface area contributed by atoms with Crippen LogP contribution in [0.15, 0.2) is 42.5 Å². The van der Waals surface area contributed by atoms with Crippen LogP contribution in [0.3, 0.4) is 0 Å². The summed E-state index contributed by atoms with van der Waals surface area (Å²) >= 11 is 6.02. The van der Waals surface area contributed by atoms with Crippen LogP contribution in [0, 0.1) is 11.3 Å². The van der Waals surface area contributed by atoms with E-state index in [1.54, 1.807) is 42.5 Å². The van der Waals surface area contributed by atoms with Gasteiger partial charge in [-0.15, -0.1) is 0 Å². The van der Waals surface area contributed by atoms with Gasteiger partial charge in [-0.1, -0.05) is 24.6 Å². The van der Waals surface area contributed by atoms with E-state index >= 15 is 0 Å². The highest BCUT2D eigenvalue weighted by molar-refractivity contribution is 6.31. The number of nitriles is 1. The molecule has 1 N–H and O–H groups in total. The number of hydrogen-bond donors (Lipinski definition) is 1. The molecule has 0 saturated carbocycles. The van der Waals surface area contributed by atoms with Crippen molar-refractivity contribution in [3.63, 3.8) is 0 Å². The molecule has 0 saturated heterocycles. The highest BCUT2D eigenvalue weighted by atomic mass is 35.5. The van der Waals surface area contributed by atoms with Crippen LogP contribution in [0.5, 0.6) is 17.2 Å². The summed E-state index contributed by atoms with van der Waals surface area (Å²) in [6.45, 7) is 2.47. The van der Waals surface area contributed by atoms with Crippen LogP contribution in [0.4, 0.5) is 5.69 Å². The third-order valence-corrected chi connectivity index (χ3v) is 3.80.